The zero-order valence-electron chi connectivity index (χ0n) is 10.6. The van der Waals surface area contributed by atoms with E-state index in [1.807, 2.05) is 0 Å². The number of hydrogen-bond acceptors (Lipinski definition) is 2. The van der Waals surface area contributed by atoms with E-state index in [0.29, 0.717) is 6.54 Å². The Morgan fingerprint density at radius 2 is 2.12 bits per heavy atom. The monoisotopic (exact) mass is 221 g/mol. The summed E-state index contributed by atoms with van der Waals surface area (Å²) in [6, 6.07) is 8.38. The van der Waals surface area contributed by atoms with Crippen molar-refractivity contribution in [2.24, 2.45) is 5.73 Å². The Labute approximate surface area is 98.8 Å². The Morgan fingerprint density at radius 3 is 2.69 bits per heavy atom. The SMILES string of the molecule is CCCC(C)OC(CN)c1cccc(C)c1. The zero-order valence-corrected chi connectivity index (χ0v) is 10.6. The van der Waals surface area contributed by atoms with Gasteiger partial charge in [-0.25, -0.2) is 0 Å². The number of ether oxygens (including phenoxy) is 1. The van der Waals surface area contributed by atoms with Crippen LogP contribution in [0.25, 0.3) is 0 Å². The van der Waals surface area contributed by atoms with E-state index in [-0.39, 0.29) is 12.2 Å². The number of rotatable bonds is 6. The lowest BCUT2D eigenvalue weighted by Crippen LogP contribution is -2.20. The summed E-state index contributed by atoms with van der Waals surface area (Å²) in [5.41, 5.74) is 8.21. The average Bonchev–Trinajstić information content (AvgIpc) is 2.26. The molecule has 1 aromatic carbocycles. The van der Waals surface area contributed by atoms with E-state index in [2.05, 4.69) is 45.0 Å². The quantitative estimate of drug-likeness (QED) is 0.800. The molecule has 0 aliphatic heterocycles. The van der Waals surface area contributed by atoms with Gasteiger partial charge in [0.25, 0.3) is 0 Å². The van der Waals surface area contributed by atoms with E-state index in [9.17, 15) is 0 Å². The van der Waals surface area contributed by atoms with Crippen LogP contribution in [0.5, 0.6) is 0 Å². The smallest absolute Gasteiger partial charge is 0.0950 e. The summed E-state index contributed by atoms with van der Waals surface area (Å²) in [5, 5.41) is 0. The molecule has 16 heavy (non-hydrogen) atoms. The molecule has 1 rings (SSSR count). The number of nitrogens with two attached hydrogens (primary N) is 1. The summed E-state index contributed by atoms with van der Waals surface area (Å²) in [4.78, 5) is 0. The van der Waals surface area contributed by atoms with Crippen LogP contribution in [0.1, 0.15) is 43.9 Å². The van der Waals surface area contributed by atoms with Gasteiger partial charge in [0.15, 0.2) is 0 Å². The number of hydrogen-bond donors (Lipinski definition) is 1. The zero-order chi connectivity index (χ0) is 12.0. The second-order valence-corrected chi connectivity index (χ2v) is 4.37. The van der Waals surface area contributed by atoms with Crippen LogP contribution in [0.15, 0.2) is 24.3 Å². The Morgan fingerprint density at radius 1 is 1.38 bits per heavy atom. The molecule has 0 aromatic heterocycles. The van der Waals surface area contributed by atoms with Gasteiger partial charge in [-0.3, -0.25) is 0 Å². The molecular weight excluding hydrogens is 198 g/mol. The fourth-order valence-corrected chi connectivity index (χ4v) is 1.90. The first-order valence-electron chi connectivity index (χ1n) is 6.09. The van der Waals surface area contributed by atoms with Crippen molar-refractivity contribution in [1.82, 2.24) is 0 Å². The lowest BCUT2D eigenvalue weighted by molar-refractivity contribution is -0.00285. The molecule has 0 fully saturated rings. The molecule has 0 aliphatic rings. The molecule has 0 saturated carbocycles. The lowest BCUT2D eigenvalue weighted by atomic mass is 10.1. The maximum atomic E-state index is 5.96. The topological polar surface area (TPSA) is 35.2 Å². The van der Waals surface area contributed by atoms with Crippen LogP contribution in [0, 0.1) is 6.92 Å². The Bertz CT molecular complexity index is 311. The maximum absolute atomic E-state index is 5.96. The summed E-state index contributed by atoms with van der Waals surface area (Å²) in [7, 11) is 0. The predicted molar refractivity (Wildman–Crippen MR) is 68.4 cm³/mol. The van der Waals surface area contributed by atoms with Gasteiger partial charge in [-0.2, -0.15) is 0 Å². The van der Waals surface area contributed by atoms with E-state index in [4.69, 9.17) is 10.5 Å². The normalized spacial score (nSPS) is 14.8. The molecular formula is C14H23NO. The van der Waals surface area contributed by atoms with E-state index < -0.39 is 0 Å². The lowest BCUT2D eigenvalue weighted by Gasteiger charge is -2.21. The first kappa shape index (κ1) is 13.2. The van der Waals surface area contributed by atoms with Crippen LogP contribution < -0.4 is 5.73 Å². The highest BCUT2D eigenvalue weighted by molar-refractivity contribution is 5.24. The van der Waals surface area contributed by atoms with Crippen molar-refractivity contribution in [2.75, 3.05) is 6.54 Å². The van der Waals surface area contributed by atoms with Crippen molar-refractivity contribution in [3.05, 3.63) is 35.4 Å². The van der Waals surface area contributed by atoms with Gasteiger partial charge in [0, 0.05) is 6.54 Å². The van der Waals surface area contributed by atoms with Crippen LogP contribution in [0.2, 0.25) is 0 Å². The van der Waals surface area contributed by atoms with Gasteiger partial charge >= 0.3 is 0 Å². The third-order valence-corrected chi connectivity index (χ3v) is 2.72. The highest BCUT2D eigenvalue weighted by Gasteiger charge is 2.13. The summed E-state index contributed by atoms with van der Waals surface area (Å²) in [6.07, 6.45) is 2.54. The first-order valence-corrected chi connectivity index (χ1v) is 6.09. The maximum Gasteiger partial charge on any atom is 0.0950 e. The number of aryl methyl sites for hydroxylation is 1. The van der Waals surface area contributed by atoms with Crippen molar-refractivity contribution < 1.29 is 4.74 Å². The van der Waals surface area contributed by atoms with Crippen LogP contribution in [0.4, 0.5) is 0 Å². The molecule has 0 amide bonds. The predicted octanol–water partition coefficient (Wildman–Crippen LogP) is 3.20. The third kappa shape index (κ3) is 3.95. The van der Waals surface area contributed by atoms with Gasteiger partial charge in [0.1, 0.15) is 0 Å². The van der Waals surface area contributed by atoms with Crippen LogP contribution in [-0.4, -0.2) is 12.6 Å². The fraction of sp³-hybridized carbons (Fsp3) is 0.571. The van der Waals surface area contributed by atoms with Crippen LogP contribution in [0.3, 0.4) is 0 Å². The van der Waals surface area contributed by atoms with Crippen molar-refractivity contribution >= 4 is 0 Å². The minimum Gasteiger partial charge on any atom is -0.369 e. The van der Waals surface area contributed by atoms with Crippen LogP contribution >= 0.6 is 0 Å². The Kier molecular flexibility index (Phi) is 5.50. The standard InChI is InChI=1S/C14H23NO/c1-4-6-12(3)16-14(10-15)13-8-5-7-11(2)9-13/h5,7-9,12,14H,4,6,10,15H2,1-3H3. The summed E-state index contributed by atoms with van der Waals surface area (Å²) in [5.74, 6) is 0. The van der Waals surface area contributed by atoms with Gasteiger partial charge in [0.2, 0.25) is 0 Å². The van der Waals surface area contributed by atoms with E-state index >= 15 is 0 Å². The molecule has 0 bridgehead atoms. The molecule has 0 spiro atoms. The van der Waals surface area contributed by atoms with Crippen LogP contribution in [-0.2, 0) is 4.74 Å². The third-order valence-electron chi connectivity index (χ3n) is 2.72. The summed E-state index contributed by atoms with van der Waals surface area (Å²) >= 11 is 0. The first-order chi connectivity index (χ1) is 7.67. The molecule has 2 nitrogen and oxygen atoms in total. The molecule has 2 N–H and O–H groups in total. The van der Waals surface area contributed by atoms with Crippen molar-refractivity contribution in [3.8, 4) is 0 Å². The van der Waals surface area contributed by atoms with Gasteiger partial charge in [-0.15, -0.1) is 0 Å². The fourth-order valence-electron chi connectivity index (χ4n) is 1.90. The van der Waals surface area contributed by atoms with Gasteiger partial charge in [-0.05, 0) is 25.8 Å². The summed E-state index contributed by atoms with van der Waals surface area (Å²) in [6.45, 7) is 6.91. The molecule has 2 unspecified atom stereocenters. The minimum absolute atomic E-state index is 0.0291. The Hall–Kier alpha value is -0.860. The van der Waals surface area contributed by atoms with Crippen molar-refractivity contribution in [2.45, 2.75) is 45.8 Å². The van der Waals surface area contributed by atoms with Crippen molar-refractivity contribution in [3.63, 3.8) is 0 Å². The molecule has 0 heterocycles. The minimum atomic E-state index is 0.0291. The second kappa shape index (κ2) is 6.66. The molecule has 90 valence electrons. The van der Waals surface area contributed by atoms with Gasteiger partial charge in [-0.1, -0.05) is 43.2 Å². The molecule has 0 saturated heterocycles. The number of benzene rings is 1. The highest BCUT2D eigenvalue weighted by Crippen LogP contribution is 2.20. The molecule has 2 atom stereocenters. The van der Waals surface area contributed by atoms with E-state index in [1.54, 1.807) is 0 Å². The Balaban J connectivity index is 2.67. The molecule has 2 heteroatoms. The largest absolute Gasteiger partial charge is 0.369 e. The summed E-state index contributed by atoms with van der Waals surface area (Å²) < 4.78 is 5.96. The van der Waals surface area contributed by atoms with E-state index in [1.165, 1.54) is 11.1 Å². The van der Waals surface area contributed by atoms with Gasteiger partial charge in [0.05, 0.1) is 12.2 Å². The van der Waals surface area contributed by atoms with Gasteiger partial charge < -0.3 is 10.5 Å². The second-order valence-electron chi connectivity index (χ2n) is 4.37. The molecule has 1 aromatic rings. The van der Waals surface area contributed by atoms with Crippen molar-refractivity contribution in [1.29, 1.82) is 0 Å². The molecule has 0 radical (unpaired) electrons. The molecule has 0 aliphatic carbocycles. The average molecular weight is 221 g/mol. The highest BCUT2D eigenvalue weighted by atomic mass is 16.5. The van der Waals surface area contributed by atoms with E-state index in [0.717, 1.165) is 12.8 Å².